The van der Waals surface area contributed by atoms with Gasteiger partial charge in [-0.05, 0) is 28.8 Å². The second-order valence-corrected chi connectivity index (χ2v) is 6.56. The van der Waals surface area contributed by atoms with Crippen molar-refractivity contribution in [2.75, 3.05) is 6.54 Å². The van der Waals surface area contributed by atoms with Crippen LogP contribution in [-0.2, 0) is 11.3 Å². The van der Waals surface area contributed by atoms with Crippen molar-refractivity contribution in [1.82, 2.24) is 35.1 Å². The van der Waals surface area contributed by atoms with Crippen molar-refractivity contribution in [3.63, 3.8) is 0 Å². The molecule has 8 nitrogen and oxygen atoms in total. The number of imidazole rings is 1. The van der Waals surface area contributed by atoms with Gasteiger partial charge in [0.15, 0.2) is 6.04 Å². The van der Waals surface area contributed by atoms with E-state index in [1.807, 2.05) is 42.9 Å². The van der Waals surface area contributed by atoms with Crippen molar-refractivity contribution in [3.05, 3.63) is 60.9 Å². The van der Waals surface area contributed by atoms with E-state index in [1.165, 1.54) is 11.0 Å². The number of amides is 1. The largest absolute Gasteiger partial charge is 0.353 e. The number of tetrazole rings is 1. The van der Waals surface area contributed by atoms with E-state index in [0.29, 0.717) is 6.54 Å². The molecule has 1 aliphatic carbocycles. The van der Waals surface area contributed by atoms with Gasteiger partial charge in [0.1, 0.15) is 6.33 Å². The molecule has 1 N–H and O–H groups in total. The molecular formula is C17H19N7O. The van der Waals surface area contributed by atoms with Crippen LogP contribution in [0.5, 0.6) is 0 Å². The third-order valence-electron chi connectivity index (χ3n) is 4.66. The van der Waals surface area contributed by atoms with E-state index in [1.54, 1.807) is 6.20 Å². The van der Waals surface area contributed by atoms with Crippen LogP contribution in [0.25, 0.3) is 0 Å². The fourth-order valence-electron chi connectivity index (χ4n) is 3.05. The van der Waals surface area contributed by atoms with Crippen LogP contribution in [0.3, 0.4) is 0 Å². The van der Waals surface area contributed by atoms with Crippen molar-refractivity contribution in [3.8, 4) is 0 Å². The third-order valence-corrected chi connectivity index (χ3v) is 4.66. The highest BCUT2D eigenvalue weighted by molar-refractivity contribution is 5.83. The summed E-state index contributed by atoms with van der Waals surface area (Å²) in [4.78, 5) is 17.0. The highest BCUT2D eigenvalue weighted by Crippen LogP contribution is 2.46. The van der Waals surface area contributed by atoms with Gasteiger partial charge >= 0.3 is 0 Å². The Labute approximate surface area is 144 Å². The van der Waals surface area contributed by atoms with E-state index in [4.69, 9.17) is 0 Å². The molecule has 1 fully saturated rings. The molecule has 0 aliphatic heterocycles. The molecule has 1 aromatic carbocycles. The standard InChI is InChI=1S/C17H19N7O/c25-16(19-10-17(6-7-17)11-23-9-8-18-12-23)15(24-13-20-21-22-24)14-4-2-1-3-5-14/h1-5,8-9,12-13,15H,6-7,10-11H2,(H,19,25)/t15-/m1/s1. The van der Waals surface area contributed by atoms with Crippen LogP contribution in [0.1, 0.15) is 24.4 Å². The minimum atomic E-state index is -0.569. The van der Waals surface area contributed by atoms with E-state index in [9.17, 15) is 4.79 Å². The van der Waals surface area contributed by atoms with Gasteiger partial charge in [-0.25, -0.2) is 9.67 Å². The van der Waals surface area contributed by atoms with Crippen molar-refractivity contribution in [2.24, 2.45) is 5.41 Å². The molecule has 1 amide bonds. The molecule has 0 saturated heterocycles. The first-order valence-corrected chi connectivity index (χ1v) is 8.27. The summed E-state index contributed by atoms with van der Waals surface area (Å²) in [5.41, 5.74) is 0.977. The third kappa shape index (κ3) is 3.42. The van der Waals surface area contributed by atoms with E-state index in [0.717, 1.165) is 24.9 Å². The lowest BCUT2D eigenvalue weighted by Crippen LogP contribution is -2.38. The molecule has 4 rings (SSSR count). The lowest BCUT2D eigenvalue weighted by Gasteiger charge is -2.20. The average molecular weight is 337 g/mol. The lowest BCUT2D eigenvalue weighted by molar-refractivity contribution is -0.123. The number of hydrogen-bond acceptors (Lipinski definition) is 5. The first-order chi connectivity index (χ1) is 12.3. The zero-order valence-electron chi connectivity index (χ0n) is 13.7. The van der Waals surface area contributed by atoms with Gasteiger partial charge in [-0.15, -0.1) is 5.10 Å². The fourth-order valence-corrected chi connectivity index (χ4v) is 3.05. The number of hydrogen-bond donors (Lipinski definition) is 1. The van der Waals surface area contributed by atoms with Gasteiger partial charge in [0.05, 0.1) is 6.33 Å². The highest BCUT2D eigenvalue weighted by Gasteiger charge is 2.43. The Morgan fingerprint density at radius 1 is 1.24 bits per heavy atom. The van der Waals surface area contributed by atoms with Gasteiger partial charge in [0.2, 0.25) is 5.91 Å². The summed E-state index contributed by atoms with van der Waals surface area (Å²) >= 11 is 0. The maximum absolute atomic E-state index is 12.9. The Balaban J connectivity index is 1.46. The molecule has 0 bridgehead atoms. The summed E-state index contributed by atoms with van der Waals surface area (Å²) in [7, 11) is 0. The zero-order valence-corrected chi connectivity index (χ0v) is 13.7. The van der Waals surface area contributed by atoms with Gasteiger partial charge in [-0.3, -0.25) is 4.79 Å². The molecule has 8 heteroatoms. The summed E-state index contributed by atoms with van der Waals surface area (Å²) in [5.74, 6) is -0.101. The van der Waals surface area contributed by atoms with Crippen molar-refractivity contribution < 1.29 is 4.79 Å². The topological polar surface area (TPSA) is 90.5 Å². The summed E-state index contributed by atoms with van der Waals surface area (Å²) in [6, 6.07) is 8.97. The summed E-state index contributed by atoms with van der Waals surface area (Å²) in [5, 5.41) is 14.3. The van der Waals surface area contributed by atoms with Crippen molar-refractivity contribution in [1.29, 1.82) is 0 Å². The van der Waals surface area contributed by atoms with E-state index >= 15 is 0 Å². The number of nitrogens with zero attached hydrogens (tertiary/aromatic N) is 6. The number of aromatic nitrogens is 6. The molecule has 128 valence electrons. The van der Waals surface area contributed by atoms with E-state index in [-0.39, 0.29) is 11.3 Å². The first kappa shape index (κ1) is 15.5. The van der Waals surface area contributed by atoms with Crippen LogP contribution in [-0.4, -0.2) is 42.2 Å². The van der Waals surface area contributed by atoms with Gasteiger partial charge in [0, 0.05) is 30.9 Å². The number of rotatable bonds is 7. The minimum Gasteiger partial charge on any atom is -0.353 e. The number of carbonyl (C=O) groups excluding carboxylic acids is 1. The number of carbonyl (C=O) groups is 1. The Morgan fingerprint density at radius 3 is 2.72 bits per heavy atom. The molecule has 0 radical (unpaired) electrons. The molecule has 1 saturated carbocycles. The van der Waals surface area contributed by atoms with Gasteiger partial charge in [-0.1, -0.05) is 30.3 Å². The van der Waals surface area contributed by atoms with E-state index in [2.05, 4.69) is 30.4 Å². The molecule has 1 atom stereocenters. The van der Waals surface area contributed by atoms with Gasteiger partial charge < -0.3 is 9.88 Å². The van der Waals surface area contributed by atoms with Crippen LogP contribution in [0, 0.1) is 5.41 Å². The Hall–Kier alpha value is -3.03. The number of benzene rings is 1. The summed E-state index contributed by atoms with van der Waals surface area (Å²) in [6.45, 7) is 1.50. The van der Waals surface area contributed by atoms with Crippen LogP contribution >= 0.6 is 0 Å². The van der Waals surface area contributed by atoms with Crippen LogP contribution in [0.2, 0.25) is 0 Å². The number of nitrogens with one attached hydrogen (secondary N) is 1. The molecular weight excluding hydrogens is 318 g/mol. The highest BCUT2D eigenvalue weighted by atomic mass is 16.2. The predicted molar refractivity (Wildman–Crippen MR) is 89.3 cm³/mol. The SMILES string of the molecule is O=C(NCC1(Cn2ccnc2)CC1)[C@@H](c1ccccc1)n1cnnn1. The molecule has 2 aromatic heterocycles. The van der Waals surface area contributed by atoms with Crippen molar-refractivity contribution in [2.45, 2.75) is 25.4 Å². The molecule has 1 aliphatic rings. The van der Waals surface area contributed by atoms with Gasteiger partial charge in [0.25, 0.3) is 0 Å². The smallest absolute Gasteiger partial charge is 0.249 e. The molecule has 3 aromatic rings. The van der Waals surface area contributed by atoms with Crippen LogP contribution in [0.15, 0.2) is 55.4 Å². The predicted octanol–water partition coefficient (Wildman–Crippen LogP) is 1.06. The zero-order chi connectivity index (χ0) is 17.1. The van der Waals surface area contributed by atoms with Gasteiger partial charge in [-0.2, -0.15) is 0 Å². The maximum atomic E-state index is 12.9. The first-order valence-electron chi connectivity index (χ1n) is 8.27. The molecule has 2 heterocycles. The summed E-state index contributed by atoms with van der Waals surface area (Å²) < 4.78 is 3.55. The lowest BCUT2D eigenvalue weighted by atomic mass is 10.0. The van der Waals surface area contributed by atoms with E-state index < -0.39 is 6.04 Å². The fraction of sp³-hybridized carbons (Fsp3) is 0.353. The Kier molecular flexibility index (Phi) is 4.01. The van der Waals surface area contributed by atoms with Crippen molar-refractivity contribution >= 4 is 5.91 Å². The normalized spacial score (nSPS) is 16.3. The average Bonchev–Trinajstić information content (AvgIpc) is 3.03. The Bertz CT molecular complexity index is 810. The quantitative estimate of drug-likeness (QED) is 0.696. The van der Waals surface area contributed by atoms with Crippen LogP contribution < -0.4 is 5.32 Å². The molecule has 0 unspecified atom stereocenters. The second-order valence-electron chi connectivity index (χ2n) is 6.56. The second kappa shape index (κ2) is 6.46. The molecule has 0 spiro atoms. The Morgan fingerprint density at radius 2 is 2.08 bits per heavy atom. The summed E-state index contributed by atoms with van der Waals surface area (Å²) in [6.07, 6.45) is 9.22. The monoisotopic (exact) mass is 337 g/mol. The maximum Gasteiger partial charge on any atom is 0.249 e. The minimum absolute atomic E-state index is 0.101. The van der Waals surface area contributed by atoms with Crippen LogP contribution in [0.4, 0.5) is 0 Å². The molecule has 25 heavy (non-hydrogen) atoms.